The first-order chi connectivity index (χ1) is 6.74. The molecule has 0 aliphatic carbocycles. The van der Waals surface area contributed by atoms with Gasteiger partial charge in [-0.15, -0.1) is 0 Å². The van der Waals surface area contributed by atoms with Crippen LogP contribution in [0, 0.1) is 0 Å². The van der Waals surface area contributed by atoms with Crippen molar-refractivity contribution in [3.05, 3.63) is 28.2 Å². The summed E-state index contributed by atoms with van der Waals surface area (Å²) in [5.74, 6) is 0. The number of rotatable bonds is 2. The molecule has 0 amide bonds. The number of nitrogens with one attached hydrogen (secondary N) is 1. The van der Waals surface area contributed by atoms with Crippen LogP contribution in [0.15, 0.2) is 22.7 Å². The first-order valence-electron chi connectivity index (χ1n) is 4.97. The minimum absolute atomic E-state index is 0.484. The largest absolute Gasteiger partial charge is 0.372 e. The molecule has 0 radical (unpaired) electrons. The van der Waals surface area contributed by atoms with Crippen LogP contribution in [-0.2, 0) is 0 Å². The van der Waals surface area contributed by atoms with Crippen molar-refractivity contribution in [3.8, 4) is 0 Å². The van der Waals surface area contributed by atoms with Crippen molar-refractivity contribution in [1.29, 1.82) is 0 Å². The number of anilines is 1. The molecule has 0 fully saturated rings. The van der Waals surface area contributed by atoms with Gasteiger partial charge < -0.3 is 10.2 Å². The average Bonchev–Trinajstić information content (AvgIpc) is 2.46. The molecule has 14 heavy (non-hydrogen) atoms. The fourth-order valence-corrected chi connectivity index (χ4v) is 2.78. The normalized spacial score (nSPS) is 19.9. The summed E-state index contributed by atoms with van der Waals surface area (Å²) in [6.45, 7) is 4.23. The third-order valence-electron chi connectivity index (χ3n) is 2.68. The van der Waals surface area contributed by atoms with Gasteiger partial charge in [-0.2, -0.15) is 0 Å². The van der Waals surface area contributed by atoms with Crippen molar-refractivity contribution in [3.63, 3.8) is 0 Å². The quantitative estimate of drug-likeness (QED) is 0.873. The second-order valence-electron chi connectivity index (χ2n) is 3.67. The van der Waals surface area contributed by atoms with Crippen molar-refractivity contribution < 1.29 is 0 Å². The highest BCUT2D eigenvalue weighted by molar-refractivity contribution is 9.10. The summed E-state index contributed by atoms with van der Waals surface area (Å²) in [5, 5.41) is 3.50. The molecule has 76 valence electrons. The van der Waals surface area contributed by atoms with Gasteiger partial charge in [0.25, 0.3) is 0 Å². The van der Waals surface area contributed by atoms with Crippen LogP contribution in [0.3, 0.4) is 0 Å². The van der Waals surface area contributed by atoms with Crippen molar-refractivity contribution in [1.82, 2.24) is 5.32 Å². The Morgan fingerprint density at radius 1 is 1.57 bits per heavy atom. The lowest BCUT2D eigenvalue weighted by atomic mass is 10.1. The number of halogens is 1. The molecule has 3 heteroatoms. The maximum Gasteiger partial charge on any atom is 0.0557 e. The van der Waals surface area contributed by atoms with Gasteiger partial charge in [-0.25, -0.2) is 0 Å². The minimum Gasteiger partial charge on any atom is -0.372 e. The average molecular weight is 255 g/mol. The molecule has 0 aromatic heterocycles. The van der Waals surface area contributed by atoms with E-state index in [2.05, 4.69) is 58.3 Å². The lowest BCUT2D eigenvalue weighted by Crippen LogP contribution is -2.25. The Bertz CT molecular complexity index is 338. The maximum atomic E-state index is 3.60. The van der Waals surface area contributed by atoms with E-state index in [9.17, 15) is 0 Å². The zero-order valence-electron chi connectivity index (χ0n) is 8.55. The molecule has 2 nitrogen and oxygen atoms in total. The highest BCUT2D eigenvalue weighted by atomic mass is 79.9. The SMILES string of the molecule is CCNC1CN(C)c2c(Br)cccc21. The van der Waals surface area contributed by atoms with E-state index >= 15 is 0 Å². The Balaban J connectivity index is 2.39. The van der Waals surface area contributed by atoms with Crippen LogP contribution < -0.4 is 10.2 Å². The van der Waals surface area contributed by atoms with Gasteiger partial charge in [-0.3, -0.25) is 0 Å². The Kier molecular flexibility index (Phi) is 2.79. The Morgan fingerprint density at radius 2 is 2.36 bits per heavy atom. The first-order valence-corrected chi connectivity index (χ1v) is 5.76. The monoisotopic (exact) mass is 254 g/mol. The van der Waals surface area contributed by atoms with Crippen LogP contribution in [0.25, 0.3) is 0 Å². The molecule has 0 saturated heterocycles. The molecule has 1 N–H and O–H groups in total. The van der Waals surface area contributed by atoms with Crippen LogP contribution >= 0.6 is 15.9 Å². The van der Waals surface area contributed by atoms with E-state index in [1.807, 2.05) is 0 Å². The molecule has 0 spiro atoms. The van der Waals surface area contributed by atoms with Gasteiger partial charge in [-0.1, -0.05) is 19.1 Å². The number of fused-ring (bicyclic) bond motifs is 1. The van der Waals surface area contributed by atoms with E-state index in [1.54, 1.807) is 0 Å². The van der Waals surface area contributed by atoms with Crippen molar-refractivity contribution in [2.75, 3.05) is 25.0 Å². The van der Waals surface area contributed by atoms with Gasteiger partial charge in [0.15, 0.2) is 0 Å². The summed E-state index contributed by atoms with van der Waals surface area (Å²) in [6, 6.07) is 6.89. The molecule has 1 heterocycles. The highest BCUT2D eigenvalue weighted by Gasteiger charge is 2.26. The van der Waals surface area contributed by atoms with Gasteiger partial charge in [-0.05, 0) is 34.1 Å². The summed E-state index contributed by atoms with van der Waals surface area (Å²) in [7, 11) is 2.14. The summed E-state index contributed by atoms with van der Waals surface area (Å²) < 4.78 is 1.19. The zero-order chi connectivity index (χ0) is 10.1. The van der Waals surface area contributed by atoms with Crippen LogP contribution in [0.4, 0.5) is 5.69 Å². The van der Waals surface area contributed by atoms with Crippen LogP contribution in [0.1, 0.15) is 18.5 Å². The fourth-order valence-electron chi connectivity index (χ4n) is 2.10. The van der Waals surface area contributed by atoms with E-state index in [0.717, 1.165) is 13.1 Å². The molecular weight excluding hydrogens is 240 g/mol. The number of nitrogens with zero attached hydrogens (tertiary/aromatic N) is 1. The van der Waals surface area contributed by atoms with E-state index < -0.39 is 0 Å². The number of hydrogen-bond donors (Lipinski definition) is 1. The summed E-state index contributed by atoms with van der Waals surface area (Å²) >= 11 is 3.60. The zero-order valence-corrected chi connectivity index (χ0v) is 10.1. The molecule has 1 aliphatic heterocycles. The lowest BCUT2D eigenvalue weighted by molar-refractivity contribution is 0.579. The third kappa shape index (κ3) is 1.55. The molecular formula is C11H15BrN2. The fraction of sp³-hybridized carbons (Fsp3) is 0.455. The van der Waals surface area contributed by atoms with Crippen LogP contribution in [0.2, 0.25) is 0 Å². The van der Waals surface area contributed by atoms with Crippen LogP contribution in [0.5, 0.6) is 0 Å². The Morgan fingerprint density at radius 3 is 3.07 bits per heavy atom. The Labute approximate surface area is 93.4 Å². The van der Waals surface area contributed by atoms with E-state index in [1.165, 1.54) is 15.7 Å². The molecule has 0 bridgehead atoms. The summed E-state index contributed by atoms with van der Waals surface area (Å²) in [4.78, 5) is 2.30. The highest BCUT2D eigenvalue weighted by Crippen LogP contribution is 2.38. The molecule has 2 rings (SSSR count). The molecule has 0 saturated carbocycles. The molecule has 1 aliphatic rings. The van der Waals surface area contributed by atoms with Crippen molar-refractivity contribution in [2.45, 2.75) is 13.0 Å². The Hall–Kier alpha value is -0.540. The number of benzene rings is 1. The van der Waals surface area contributed by atoms with E-state index in [4.69, 9.17) is 0 Å². The van der Waals surface area contributed by atoms with Gasteiger partial charge in [0.2, 0.25) is 0 Å². The van der Waals surface area contributed by atoms with Gasteiger partial charge in [0.1, 0.15) is 0 Å². The van der Waals surface area contributed by atoms with Gasteiger partial charge in [0, 0.05) is 18.1 Å². The molecule has 1 atom stereocenters. The predicted molar refractivity (Wildman–Crippen MR) is 63.8 cm³/mol. The summed E-state index contributed by atoms with van der Waals surface area (Å²) in [6.07, 6.45) is 0. The first kappa shape index (κ1) is 9.99. The maximum absolute atomic E-state index is 3.60. The molecule has 1 aromatic rings. The molecule has 1 unspecified atom stereocenters. The second kappa shape index (κ2) is 3.91. The van der Waals surface area contributed by atoms with E-state index in [0.29, 0.717) is 6.04 Å². The standard InChI is InChI=1S/C11H15BrN2/c1-3-13-10-7-14(2)11-8(10)5-4-6-9(11)12/h4-6,10,13H,3,7H2,1-2H3. The van der Waals surface area contributed by atoms with Crippen molar-refractivity contribution >= 4 is 21.6 Å². The smallest absolute Gasteiger partial charge is 0.0557 e. The van der Waals surface area contributed by atoms with Crippen molar-refractivity contribution in [2.24, 2.45) is 0 Å². The van der Waals surface area contributed by atoms with E-state index in [-0.39, 0.29) is 0 Å². The number of likely N-dealkylation sites (N-methyl/N-ethyl adjacent to an activating group) is 2. The molecule has 1 aromatic carbocycles. The minimum atomic E-state index is 0.484. The topological polar surface area (TPSA) is 15.3 Å². The van der Waals surface area contributed by atoms with Gasteiger partial charge >= 0.3 is 0 Å². The van der Waals surface area contributed by atoms with Crippen LogP contribution in [-0.4, -0.2) is 20.1 Å². The number of hydrogen-bond acceptors (Lipinski definition) is 2. The summed E-state index contributed by atoms with van der Waals surface area (Å²) in [5.41, 5.74) is 2.74. The predicted octanol–water partition coefficient (Wildman–Crippen LogP) is 2.55. The van der Waals surface area contributed by atoms with Gasteiger partial charge in [0.05, 0.1) is 11.7 Å². The number of para-hydroxylation sites is 1. The third-order valence-corrected chi connectivity index (χ3v) is 3.32. The lowest BCUT2D eigenvalue weighted by Gasteiger charge is -2.13. The second-order valence-corrected chi connectivity index (χ2v) is 4.52.